The average molecular weight is 435 g/mol. The number of hydrogen-bond donors (Lipinski definition) is 1. The molecule has 0 fully saturated rings. The highest BCUT2D eigenvalue weighted by Crippen LogP contribution is 2.32. The summed E-state index contributed by atoms with van der Waals surface area (Å²) in [6.07, 6.45) is 1.82. The number of carbonyl (C=O) groups excluding carboxylic acids is 1. The molecule has 1 aliphatic heterocycles. The molecule has 4 rings (SSSR count). The zero-order valence-electron chi connectivity index (χ0n) is 17.7. The van der Waals surface area contributed by atoms with Crippen molar-refractivity contribution in [2.24, 2.45) is 0 Å². The van der Waals surface area contributed by atoms with Crippen molar-refractivity contribution < 1.29 is 13.2 Å². The Morgan fingerprint density at radius 1 is 1.00 bits per heavy atom. The van der Waals surface area contributed by atoms with Gasteiger partial charge >= 0.3 is 0 Å². The van der Waals surface area contributed by atoms with E-state index in [1.807, 2.05) is 42.2 Å². The van der Waals surface area contributed by atoms with Gasteiger partial charge in [-0.05, 0) is 68.1 Å². The van der Waals surface area contributed by atoms with Crippen LogP contribution in [0, 0.1) is 6.92 Å². The third kappa shape index (κ3) is 4.64. The number of fused-ring (bicyclic) bond motifs is 1. The van der Waals surface area contributed by atoms with Crippen molar-refractivity contribution in [1.82, 2.24) is 0 Å². The van der Waals surface area contributed by atoms with E-state index in [2.05, 4.69) is 17.7 Å². The molecule has 0 bridgehead atoms. The van der Waals surface area contributed by atoms with Gasteiger partial charge in [0.1, 0.15) is 0 Å². The van der Waals surface area contributed by atoms with Crippen molar-refractivity contribution in [2.75, 3.05) is 9.62 Å². The fourth-order valence-corrected chi connectivity index (χ4v) is 5.05. The van der Waals surface area contributed by atoms with Gasteiger partial charge in [-0.3, -0.25) is 9.52 Å². The summed E-state index contributed by atoms with van der Waals surface area (Å²) >= 11 is 0. The number of nitrogens with zero attached hydrogens (tertiary/aromatic N) is 1. The fourth-order valence-electron chi connectivity index (χ4n) is 3.99. The number of hydrogen-bond acceptors (Lipinski definition) is 3. The van der Waals surface area contributed by atoms with Gasteiger partial charge in [0.15, 0.2) is 0 Å². The van der Waals surface area contributed by atoms with E-state index in [1.165, 1.54) is 5.56 Å². The molecule has 1 amide bonds. The van der Waals surface area contributed by atoms with E-state index in [4.69, 9.17) is 0 Å². The molecule has 160 valence electrons. The molecule has 0 spiro atoms. The van der Waals surface area contributed by atoms with Crippen molar-refractivity contribution in [3.8, 4) is 0 Å². The summed E-state index contributed by atoms with van der Waals surface area (Å²) < 4.78 is 27.8. The molecular formula is C25H26N2O3S. The highest BCUT2D eigenvalue weighted by molar-refractivity contribution is 7.92. The molecule has 5 nitrogen and oxygen atoms in total. The predicted octanol–water partition coefficient (Wildman–Crippen LogP) is 4.71. The Morgan fingerprint density at radius 2 is 1.68 bits per heavy atom. The molecule has 0 radical (unpaired) electrons. The minimum absolute atomic E-state index is 0.0928. The van der Waals surface area contributed by atoms with Crippen LogP contribution < -0.4 is 9.62 Å². The standard InChI is InChI=1S/C25H26N2O3S/c1-18-7-12-22(13-8-18)26-31(29,30)23-14-9-20(10-15-23)11-16-25(28)27-19(2)17-21-5-3-4-6-24(21)27/h3-10,12-15,19,26H,11,16-17H2,1-2H3/t19-/m0/s1. The van der Waals surface area contributed by atoms with Gasteiger partial charge in [-0.2, -0.15) is 0 Å². The molecule has 1 heterocycles. The summed E-state index contributed by atoms with van der Waals surface area (Å²) in [6.45, 7) is 4.02. The summed E-state index contributed by atoms with van der Waals surface area (Å²) in [7, 11) is -3.65. The largest absolute Gasteiger partial charge is 0.309 e. The van der Waals surface area contributed by atoms with Crippen molar-refractivity contribution in [3.05, 3.63) is 89.5 Å². The van der Waals surface area contributed by atoms with Crippen LogP contribution in [-0.4, -0.2) is 20.4 Å². The Morgan fingerprint density at radius 3 is 2.39 bits per heavy atom. The first-order valence-corrected chi connectivity index (χ1v) is 11.9. The zero-order chi connectivity index (χ0) is 22.0. The minimum Gasteiger partial charge on any atom is -0.309 e. The maximum absolute atomic E-state index is 12.9. The molecule has 6 heteroatoms. The number of para-hydroxylation sites is 1. The Hall–Kier alpha value is -3.12. The molecular weight excluding hydrogens is 408 g/mol. The third-order valence-electron chi connectivity index (χ3n) is 5.64. The lowest BCUT2D eigenvalue weighted by Crippen LogP contribution is -2.35. The van der Waals surface area contributed by atoms with Crippen LogP contribution in [0.3, 0.4) is 0 Å². The smallest absolute Gasteiger partial charge is 0.261 e. The van der Waals surface area contributed by atoms with Gasteiger partial charge in [-0.25, -0.2) is 8.42 Å². The van der Waals surface area contributed by atoms with Crippen LogP contribution in [0.2, 0.25) is 0 Å². The molecule has 1 aliphatic rings. The quantitative estimate of drug-likeness (QED) is 0.611. The number of rotatable bonds is 6. The summed E-state index contributed by atoms with van der Waals surface area (Å²) in [5, 5.41) is 0. The van der Waals surface area contributed by atoms with E-state index >= 15 is 0 Å². The molecule has 0 aliphatic carbocycles. The van der Waals surface area contributed by atoms with Gasteiger partial charge in [-0.1, -0.05) is 48.0 Å². The van der Waals surface area contributed by atoms with Crippen LogP contribution in [0.15, 0.2) is 77.7 Å². The number of aryl methyl sites for hydroxylation is 2. The van der Waals surface area contributed by atoms with Crippen LogP contribution in [0.5, 0.6) is 0 Å². The molecule has 1 atom stereocenters. The molecule has 3 aromatic carbocycles. The topological polar surface area (TPSA) is 66.5 Å². The fraction of sp³-hybridized carbons (Fsp3) is 0.240. The first-order valence-electron chi connectivity index (χ1n) is 10.4. The van der Waals surface area contributed by atoms with Crippen LogP contribution in [0.1, 0.15) is 30.0 Å². The number of sulfonamides is 1. The number of nitrogens with one attached hydrogen (secondary N) is 1. The van der Waals surface area contributed by atoms with Crippen LogP contribution in [0.25, 0.3) is 0 Å². The first-order chi connectivity index (χ1) is 14.8. The van der Waals surface area contributed by atoms with E-state index in [0.717, 1.165) is 23.2 Å². The summed E-state index contributed by atoms with van der Waals surface area (Å²) in [5.74, 6) is 0.0928. The van der Waals surface area contributed by atoms with Gasteiger partial charge < -0.3 is 4.90 Å². The second-order valence-electron chi connectivity index (χ2n) is 8.06. The Balaban J connectivity index is 1.40. The van der Waals surface area contributed by atoms with E-state index in [9.17, 15) is 13.2 Å². The molecule has 0 aromatic heterocycles. The zero-order valence-corrected chi connectivity index (χ0v) is 18.5. The predicted molar refractivity (Wildman–Crippen MR) is 124 cm³/mol. The summed E-state index contributed by atoms with van der Waals surface area (Å²) in [5.41, 5.74) is 4.74. The second-order valence-corrected chi connectivity index (χ2v) is 9.74. The molecule has 1 N–H and O–H groups in total. The Kier molecular flexibility index (Phi) is 5.83. The normalized spacial score (nSPS) is 15.5. The number of amides is 1. The maximum Gasteiger partial charge on any atom is 0.261 e. The van der Waals surface area contributed by atoms with Crippen LogP contribution in [0.4, 0.5) is 11.4 Å². The van der Waals surface area contributed by atoms with Crippen molar-refractivity contribution in [3.63, 3.8) is 0 Å². The van der Waals surface area contributed by atoms with E-state index in [0.29, 0.717) is 18.5 Å². The van der Waals surface area contributed by atoms with Crippen molar-refractivity contribution >= 4 is 27.3 Å². The number of benzene rings is 3. The SMILES string of the molecule is Cc1ccc(NS(=O)(=O)c2ccc(CCC(=O)N3c4ccccc4C[C@@H]3C)cc2)cc1. The van der Waals surface area contributed by atoms with Crippen molar-refractivity contribution in [2.45, 2.75) is 44.0 Å². The molecule has 0 saturated heterocycles. The minimum atomic E-state index is -3.65. The highest BCUT2D eigenvalue weighted by Gasteiger charge is 2.30. The molecule has 0 unspecified atom stereocenters. The Labute approximate surface area is 183 Å². The van der Waals surface area contributed by atoms with E-state index < -0.39 is 10.0 Å². The Bertz CT molecular complexity index is 1190. The second kappa shape index (κ2) is 8.55. The molecule has 31 heavy (non-hydrogen) atoms. The van der Waals surface area contributed by atoms with Gasteiger partial charge in [0.2, 0.25) is 5.91 Å². The van der Waals surface area contributed by atoms with Crippen molar-refractivity contribution in [1.29, 1.82) is 0 Å². The first kappa shape index (κ1) is 21.1. The molecule has 0 saturated carbocycles. The molecule has 3 aromatic rings. The van der Waals surface area contributed by atoms with Gasteiger partial charge in [0.25, 0.3) is 10.0 Å². The lowest BCUT2D eigenvalue weighted by molar-refractivity contribution is -0.118. The summed E-state index contributed by atoms with van der Waals surface area (Å²) in [4.78, 5) is 15.0. The monoisotopic (exact) mass is 434 g/mol. The average Bonchev–Trinajstić information content (AvgIpc) is 3.09. The number of anilines is 2. The number of carbonyl (C=O) groups is 1. The van der Waals surface area contributed by atoms with Crippen LogP contribution in [-0.2, 0) is 27.7 Å². The maximum atomic E-state index is 12.9. The van der Waals surface area contributed by atoms with Gasteiger partial charge in [0.05, 0.1) is 4.90 Å². The highest BCUT2D eigenvalue weighted by atomic mass is 32.2. The van der Waals surface area contributed by atoms with Gasteiger partial charge in [0, 0.05) is 23.8 Å². The van der Waals surface area contributed by atoms with Crippen LogP contribution >= 0.6 is 0 Å². The van der Waals surface area contributed by atoms with E-state index in [-0.39, 0.29) is 16.8 Å². The lowest BCUT2D eigenvalue weighted by atomic mass is 10.1. The third-order valence-corrected chi connectivity index (χ3v) is 7.04. The van der Waals surface area contributed by atoms with E-state index in [1.54, 1.807) is 36.4 Å². The van der Waals surface area contributed by atoms with Gasteiger partial charge in [-0.15, -0.1) is 0 Å². The lowest BCUT2D eigenvalue weighted by Gasteiger charge is -2.22. The summed E-state index contributed by atoms with van der Waals surface area (Å²) in [6, 6.07) is 22.1.